The molecule has 1 N–H and O–H groups in total. The zero-order valence-electron chi connectivity index (χ0n) is 16.6. The highest BCUT2D eigenvalue weighted by Gasteiger charge is 2.71. The van der Waals surface area contributed by atoms with Gasteiger partial charge in [-0.25, -0.2) is 8.78 Å². The second-order valence-electron chi connectivity index (χ2n) is 7.82. The minimum atomic E-state index is -2.85. The zero-order valence-corrected chi connectivity index (χ0v) is 16.6. The number of aryl methyl sites for hydroxylation is 1. The first kappa shape index (κ1) is 20.1. The van der Waals surface area contributed by atoms with Crippen LogP contribution >= 0.6 is 0 Å². The smallest absolute Gasteiger partial charge is 0.266 e. The molecule has 158 valence electrons. The number of hydrogen-bond acceptors (Lipinski definition) is 4. The minimum Gasteiger partial charge on any atom is -0.497 e. The van der Waals surface area contributed by atoms with E-state index < -0.39 is 48.3 Å². The number of H-pyrrole nitrogens is 1. The standard InChI is InChI=1S/C21H21F2N3O4/c1-13-6-7-16(17(27)24-13)18(28)26-11-20(22)10-25(19(29)21(20,23)12-26)9-14-4-3-5-15(8-14)30-2/h3-8H,9-12H2,1-2H3,(H,24,27)/t20-,21-/m1/s1. The Labute approximate surface area is 171 Å². The number of aromatic nitrogens is 1. The molecule has 0 unspecified atom stereocenters. The molecule has 3 heterocycles. The summed E-state index contributed by atoms with van der Waals surface area (Å²) in [4.78, 5) is 42.0. The van der Waals surface area contributed by atoms with E-state index in [1.54, 1.807) is 31.2 Å². The minimum absolute atomic E-state index is 0.0267. The van der Waals surface area contributed by atoms with Crippen LogP contribution < -0.4 is 10.3 Å². The van der Waals surface area contributed by atoms with Gasteiger partial charge in [0.2, 0.25) is 5.67 Å². The number of carbonyl (C=O) groups is 2. The summed E-state index contributed by atoms with van der Waals surface area (Å²) in [5.41, 5.74) is -5.01. The summed E-state index contributed by atoms with van der Waals surface area (Å²) in [6.07, 6.45) is 0. The molecular formula is C21H21F2N3O4. The molecule has 1 aromatic carbocycles. The van der Waals surface area contributed by atoms with E-state index in [0.717, 1.165) is 9.80 Å². The first-order chi connectivity index (χ1) is 14.2. The largest absolute Gasteiger partial charge is 0.497 e. The SMILES string of the molecule is COc1cccc(CN2C[C@@]3(F)CN(C(=O)c4ccc(C)[nH]c4=O)C[C@@]3(F)C2=O)c1. The van der Waals surface area contributed by atoms with Crippen molar-refractivity contribution in [3.8, 4) is 5.75 Å². The van der Waals surface area contributed by atoms with Crippen molar-refractivity contribution in [1.82, 2.24) is 14.8 Å². The molecule has 1 aromatic heterocycles. The van der Waals surface area contributed by atoms with Gasteiger partial charge in [-0.1, -0.05) is 12.1 Å². The summed E-state index contributed by atoms with van der Waals surface area (Å²) in [5, 5.41) is 0. The highest BCUT2D eigenvalue weighted by Crippen LogP contribution is 2.46. The predicted molar refractivity (Wildman–Crippen MR) is 104 cm³/mol. The van der Waals surface area contributed by atoms with E-state index >= 15 is 8.78 Å². The fraction of sp³-hybridized carbons (Fsp3) is 0.381. The van der Waals surface area contributed by atoms with E-state index in [-0.39, 0.29) is 12.1 Å². The molecule has 0 spiro atoms. The van der Waals surface area contributed by atoms with Crippen molar-refractivity contribution < 1.29 is 23.1 Å². The monoisotopic (exact) mass is 417 g/mol. The Morgan fingerprint density at radius 3 is 2.60 bits per heavy atom. The van der Waals surface area contributed by atoms with Gasteiger partial charge in [-0.15, -0.1) is 0 Å². The lowest BCUT2D eigenvalue weighted by molar-refractivity contribution is -0.139. The molecule has 2 aromatic rings. The number of alkyl halides is 2. The van der Waals surface area contributed by atoms with Crippen LogP contribution in [-0.2, 0) is 11.3 Å². The van der Waals surface area contributed by atoms with E-state index in [0.29, 0.717) is 17.0 Å². The van der Waals surface area contributed by atoms with E-state index in [4.69, 9.17) is 4.74 Å². The molecule has 2 fully saturated rings. The highest BCUT2D eigenvalue weighted by atomic mass is 19.2. The normalized spacial score (nSPS) is 25.5. The van der Waals surface area contributed by atoms with Crippen molar-refractivity contribution >= 4 is 11.8 Å². The number of pyridine rings is 1. The van der Waals surface area contributed by atoms with Gasteiger partial charge in [0.1, 0.15) is 11.3 Å². The van der Waals surface area contributed by atoms with Gasteiger partial charge in [-0.2, -0.15) is 0 Å². The number of amides is 2. The number of ether oxygens (including phenoxy) is 1. The number of hydrogen-bond donors (Lipinski definition) is 1. The van der Waals surface area contributed by atoms with E-state index in [1.807, 2.05) is 0 Å². The Morgan fingerprint density at radius 2 is 1.93 bits per heavy atom. The van der Waals surface area contributed by atoms with Gasteiger partial charge in [-0.3, -0.25) is 14.4 Å². The average Bonchev–Trinajstić information content (AvgIpc) is 3.07. The lowest BCUT2D eigenvalue weighted by Crippen LogP contribution is -2.47. The summed E-state index contributed by atoms with van der Waals surface area (Å²) < 4.78 is 36.3. The van der Waals surface area contributed by atoms with Crippen LogP contribution in [0.5, 0.6) is 5.75 Å². The summed E-state index contributed by atoms with van der Waals surface area (Å²) in [6.45, 7) is -0.135. The molecule has 0 bridgehead atoms. The number of nitrogens with one attached hydrogen (secondary N) is 1. The van der Waals surface area contributed by atoms with Gasteiger partial charge < -0.3 is 19.5 Å². The topological polar surface area (TPSA) is 82.7 Å². The van der Waals surface area contributed by atoms with Crippen molar-refractivity contribution in [3.63, 3.8) is 0 Å². The molecule has 2 saturated heterocycles. The molecule has 30 heavy (non-hydrogen) atoms. The zero-order chi connectivity index (χ0) is 21.7. The average molecular weight is 417 g/mol. The molecule has 0 aliphatic carbocycles. The van der Waals surface area contributed by atoms with Crippen LogP contribution in [0.4, 0.5) is 8.78 Å². The van der Waals surface area contributed by atoms with Crippen molar-refractivity contribution in [2.45, 2.75) is 24.8 Å². The molecule has 2 aliphatic rings. The van der Waals surface area contributed by atoms with Crippen LogP contribution in [0.2, 0.25) is 0 Å². The Hall–Kier alpha value is -3.23. The highest BCUT2D eigenvalue weighted by molar-refractivity contribution is 5.97. The summed E-state index contributed by atoms with van der Waals surface area (Å²) >= 11 is 0. The fourth-order valence-electron chi connectivity index (χ4n) is 4.12. The van der Waals surface area contributed by atoms with Crippen LogP contribution in [0.25, 0.3) is 0 Å². The van der Waals surface area contributed by atoms with E-state index in [9.17, 15) is 14.4 Å². The van der Waals surface area contributed by atoms with Gasteiger partial charge >= 0.3 is 0 Å². The molecule has 2 atom stereocenters. The summed E-state index contributed by atoms with van der Waals surface area (Å²) in [7, 11) is 1.50. The maximum atomic E-state index is 15.6. The van der Waals surface area contributed by atoms with Crippen LogP contribution in [-0.4, -0.2) is 64.7 Å². The Kier molecular flexibility index (Phi) is 4.63. The van der Waals surface area contributed by atoms with Gasteiger partial charge in [0.25, 0.3) is 17.4 Å². The lowest BCUT2D eigenvalue weighted by atomic mass is 9.93. The van der Waals surface area contributed by atoms with Crippen LogP contribution in [0.3, 0.4) is 0 Å². The number of nitrogens with zero attached hydrogens (tertiary/aromatic N) is 2. The Balaban J connectivity index is 1.54. The quantitative estimate of drug-likeness (QED) is 0.820. The number of rotatable bonds is 4. The molecule has 9 heteroatoms. The number of benzene rings is 1. The van der Waals surface area contributed by atoms with Crippen molar-refractivity contribution in [2.24, 2.45) is 0 Å². The van der Waals surface area contributed by atoms with Gasteiger partial charge in [0, 0.05) is 12.2 Å². The number of likely N-dealkylation sites (tertiary alicyclic amines) is 2. The third-order valence-electron chi connectivity index (χ3n) is 5.71. The first-order valence-electron chi connectivity index (χ1n) is 9.46. The molecular weight excluding hydrogens is 396 g/mol. The van der Waals surface area contributed by atoms with Gasteiger partial charge in [-0.05, 0) is 36.8 Å². The second-order valence-corrected chi connectivity index (χ2v) is 7.82. The fourth-order valence-corrected chi connectivity index (χ4v) is 4.12. The molecule has 2 amide bonds. The third kappa shape index (κ3) is 3.05. The van der Waals surface area contributed by atoms with E-state index in [1.165, 1.54) is 19.2 Å². The second kappa shape index (κ2) is 6.93. The Bertz CT molecular complexity index is 1090. The Morgan fingerprint density at radius 1 is 1.17 bits per heavy atom. The van der Waals surface area contributed by atoms with Crippen LogP contribution in [0.1, 0.15) is 21.6 Å². The number of methoxy groups -OCH3 is 1. The number of aromatic amines is 1. The molecule has 0 radical (unpaired) electrons. The van der Waals surface area contributed by atoms with Crippen molar-refractivity contribution in [3.05, 3.63) is 63.6 Å². The van der Waals surface area contributed by atoms with Crippen molar-refractivity contribution in [2.75, 3.05) is 26.7 Å². The lowest BCUT2D eigenvalue weighted by Gasteiger charge is -2.22. The van der Waals surface area contributed by atoms with E-state index in [2.05, 4.69) is 4.98 Å². The first-order valence-corrected chi connectivity index (χ1v) is 9.46. The molecule has 2 aliphatic heterocycles. The van der Waals surface area contributed by atoms with Crippen molar-refractivity contribution in [1.29, 1.82) is 0 Å². The molecule has 7 nitrogen and oxygen atoms in total. The third-order valence-corrected chi connectivity index (χ3v) is 5.71. The molecule has 4 rings (SSSR count). The number of fused-ring (bicyclic) bond motifs is 1. The maximum absolute atomic E-state index is 15.6. The predicted octanol–water partition coefficient (Wildman–Crippen LogP) is 1.61. The summed E-state index contributed by atoms with van der Waals surface area (Å²) in [6, 6.07) is 9.73. The van der Waals surface area contributed by atoms with Crippen LogP contribution in [0.15, 0.2) is 41.2 Å². The van der Waals surface area contributed by atoms with Gasteiger partial charge in [0.15, 0.2) is 5.67 Å². The van der Waals surface area contributed by atoms with Crippen LogP contribution in [0, 0.1) is 6.92 Å². The molecule has 0 saturated carbocycles. The summed E-state index contributed by atoms with van der Waals surface area (Å²) in [5.74, 6) is -1.22. The number of carbonyl (C=O) groups excluding carboxylic acids is 2. The number of halogens is 2. The van der Waals surface area contributed by atoms with Gasteiger partial charge in [0.05, 0.1) is 26.7 Å². The maximum Gasteiger partial charge on any atom is 0.266 e.